The van der Waals surface area contributed by atoms with Gasteiger partial charge in [0.1, 0.15) is 0 Å². The molecule has 1 heterocycles. The molecule has 2 N–H and O–H groups in total. The van der Waals surface area contributed by atoms with E-state index in [0.29, 0.717) is 0 Å². The Morgan fingerprint density at radius 3 is 2.69 bits per heavy atom. The molecule has 16 heavy (non-hydrogen) atoms. The van der Waals surface area contributed by atoms with E-state index in [-0.39, 0.29) is 18.4 Å². The minimum Gasteiger partial charge on any atom is -0.324 e. The molecule has 1 saturated carbocycles. The van der Waals surface area contributed by atoms with Crippen molar-refractivity contribution in [2.75, 3.05) is 0 Å². The first-order chi connectivity index (χ1) is 7.36. The highest BCUT2D eigenvalue weighted by Gasteiger charge is 2.26. The number of fused-ring (bicyclic) bond motifs is 1. The van der Waals surface area contributed by atoms with Gasteiger partial charge in [-0.15, -0.1) is 23.7 Å². The molecule has 2 aromatic rings. The van der Waals surface area contributed by atoms with Gasteiger partial charge >= 0.3 is 0 Å². The van der Waals surface area contributed by atoms with Crippen LogP contribution < -0.4 is 5.73 Å². The number of halogens is 1. The minimum atomic E-state index is 0. The summed E-state index contributed by atoms with van der Waals surface area (Å²) in [6, 6.07) is 8.83. The molecule has 1 aromatic heterocycles. The van der Waals surface area contributed by atoms with Crippen molar-refractivity contribution < 1.29 is 0 Å². The normalized spacial score (nSPS) is 17.8. The van der Waals surface area contributed by atoms with Crippen LogP contribution in [-0.2, 0) is 0 Å². The quantitative estimate of drug-likeness (QED) is 0.856. The molecule has 0 spiro atoms. The molecule has 0 saturated heterocycles. The highest BCUT2D eigenvalue weighted by molar-refractivity contribution is 7.17. The molecule has 1 fully saturated rings. The number of rotatable bonds is 2. The third kappa shape index (κ3) is 1.86. The second kappa shape index (κ2) is 4.74. The highest BCUT2D eigenvalue weighted by atomic mass is 35.5. The lowest BCUT2D eigenvalue weighted by Gasteiger charge is -2.31. The molecule has 1 aliphatic rings. The van der Waals surface area contributed by atoms with E-state index in [2.05, 4.69) is 29.6 Å². The van der Waals surface area contributed by atoms with Crippen LogP contribution in [0, 0.1) is 5.92 Å². The third-order valence-electron chi connectivity index (χ3n) is 3.53. The zero-order chi connectivity index (χ0) is 10.3. The molecule has 0 amide bonds. The molecule has 1 aliphatic carbocycles. The zero-order valence-electron chi connectivity index (χ0n) is 9.06. The second-order valence-corrected chi connectivity index (χ2v) is 5.32. The summed E-state index contributed by atoms with van der Waals surface area (Å²) in [5, 5.41) is 3.61. The van der Waals surface area contributed by atoms with E-state index in [9.17, 15) is 0 Å². The summed E-state index contributed by atoms with van der Waals surface area (Å²) in [5.74, 6) is 0.725. The summed E-state index contributed by atoms with van der Waals surface area (Å²) >= 11 is 1.81. The summed E-state index contributed by atoms with van der Waals surface area (Å²) in [5.41, 5.74) is 7.68. The Balaban J connectivity index is 0.000000963. The maximum absolute atomic E-state index is 6.32. The number of thiophene rings is 1. The first-order valence-electron chi connectivity index (χ1n) is 5.58. The van der Waals surface area contributed by atoms with Crippen LogP contribution in [0.3, 0.4) is 0 Å². The van der Waals surface area contributed by atoms with Crippen LogP contribution in [0.5, 0.6) is 0 Å². The number of nitrogens with two attached hydrogens (primary N) is 1. The fraction of sp³-hybridized carbons (Fsp3) is 0.385. The van der Waals surface area contributed by atoms with Crippen LogP contribution in [-0.4, -0.2) is 0 Å². The summed E-state index contributed by atoms with van der Waals surface area (Å²) in [7, 11) is 0. The molecule has 86 valence electrons. The van der Waals surface area contributed by atoms with Crippen molar-refractivity contribution in [2.24, 2.45) is 11.7 Å². The van der Waals surface area contributed by atoms with Crippen LogP contribution in [0.25, 0.3) is 10.1 Å². The highest BCUT2D eigenvalue weighted by Crippen LogP contribution is 2.40. The lowest BCUT2D eigenvalue weighted by molar-refractivity contribution is 0.265. The van der Waals surface area contributed by atoms with Gasteiger partial charge in [0.2, 0.25) is 0 Å². The summed E-state index contributed by atoms with van der Waals surface area (Å²) in [6.45, 7) is 0. The van der Waals surface area contributed by atoms with Gasteiger partial charge in [-0.2, -0.15) is 0 Å². The second-order valence-electron chi connectivity index (χ2n) is 4.40. The van der Waals surface area contributed by atoms with Gasteiger partial charge in [-0.1, -0.05) is 24.6 Å². The molecule has 3 rings (SSSR count). The van der Waals surface area contributed by atoms with E-state index in [4.69, 9.17) is 5.73 Å². The lowest BCUT2D eigenvalue weighted by atomic mass is 9.77. The van der Waals surface area contributed by atoms with Gasteiger partial charge < -0.3 is 5.73 Å². The number of hydrogen-bond donors (Lipinski definition) is 1. The lowest BCUT2D eigenvalue weighted by Crippen LogP contribution is -2.26. The van der Waals surface area contributed by atoms with Gasteiger partial charge in [0.15, 0.2) is 0 Å². The summed E-state index contributed by atoms with van der Waals surface area (Å²) in [4.78, 5) is 0. The van der Waals surface area contributed by atoms with Crippen LogP contribution in [0.4, 0.5) is 0 Å². The first-order valence-corrected chi connectivity index (χ1v) is 6.46. The Hall–Kier alpha value is -0.570. The van der Waals surface area contributed by atoms with Crippen molar-refractivity contribution >= 4 is 33.8 Å². The van der Waals surface area contributed by atoms with Crippen molar-refractivity contribution in [2.45, 2.75) is 25.3 Å². The molecule has 1 aromatic carbocycles. The van der Waals surface area contributed by atoms with Gasteiger partial charge in [0.05, 0.1) is 0 Å². The predicted molar refractivity (Wildman–Crippen MR) is 73.3 cm³/mol. The summed E-state index contributed by atoms with van der Waals surface area (Å²) in [6.07, 6.45) is 3.98. The monoisotopic (exact) mass is 253 g/mol. The molecule has 0 aliphatic heterocycles. The van der Waals surface area contributed by atoms with Crippen LogP contribution in [0.15, 0.2) is 29.6 Å². The predicted octanol–water partition coefficient (Wildman–Crippen LogP) is 4.12. The largest absolute Gasteiger partial charge is 0.324 e. The average Bonchev–Trinajstić information content (AvgIpc) is 2.58. The third-order valence-corrected chi connectivity index (χ3v) is 4.51. The zero-order valence-corrected chi connectivity index (χ0v) is 10.7. The van der Waals surface area contributed by atoms with Crippen molar-refractivity contribution in [3.05, 3.63) is 35.2 Å². The van der Waals surface area contributed by atoms with E-state index in [0.717, 1.165) is 5.92 Å². The Kier molecular flexibility index (Phi) is 3.53. The first kappa shape index (κ1) is 11.9. The van der Waals surface area contributed by atoms with Gasteiger partial charge in [-0.05, 0) is 41.2 Å². The molecular weight excluding hydrogens is 238 g/mol. The Morgan fingerprint density at radius 2 is 2.00 bits per heavy atom. The number of benzene rings is 1. The minimum absolute atomic E-state index is 0. The molecule has 1 nitrogen and oxygen atoms in total. The van der Waals surface area contributed by atoms with Crippen LogP contribution in [0.1, 0.15) is 30.9 Å². The Bertz CT molecular complexity index is 475. The van der Waals surface area contributed by atoms with Gasteiger partial charge in [0.25, 0.3) is 0 Å². The van der Waals surface area contributed by atoms with Gasteiger partial charge in [-0.25, -0.2) is 0 Å². The number of hydrogen-bond acceptors (Lipinski definition) is 2. The molecule has 1 atom stereocenters. The maximum atomic E-state index is 6.32. The van der Waals surface area contributed by atoms with Crippen molar-refractivity contribution in [1.82, 2.24) is 0 Å². The fourth-order valence-electron chi connectivity index (χ4n) is 2.31. The fourth-order valence-corrected chi connectivity index (χ4v) is 3.32. The topological polar surface area (TPSA) is 26.0 Å². The van der Waals surface area contributed by atoms with E-state index >= 15 is 0 Å². The van der Waals surface area contributed by atoms with Crippen molar-refractivity contribution in [1.29, 1.82) is 0 Å². The smallest absolute Gasteiger partial charge is 0.0346 e. The summed E-state index contributed by atoms with van der Waals surface area (Å²) < 4.78 is 1.36. The van der Waals surface area contributed by atoms with Crippen LogP contribution in [0.2, 0.25) is 0 Å². The maximum Gasteiger partial charge on any atom is 0.0346 e. The van der Waals surface area contributed by atoms with E-state index < -0.39 is 0 Å². The molecule has 3 heteroatoms. The molecule has 0 unspecified atom stereocenters. The molecular formula is C13H16ClNS. The van der Waals surface area contributed by atoms with Gasteiger partial charge in [0, 0.05) is 10.7 Å². The van der Waals surface area contributed by atoms with Gasteiger partial charge in [-0.3, -0.25) is 0 Å². The Morgan fingerprint density at radius 1 is 1.25 bits per heavy atom. The van der Waals surface area contributed by atoms with Crippen molar-refractivity contribution in [3.8, 4) is 0 Å². The standard InChI is InChI=1S/C13H15NS.ClH/c14-13(9-4-3-5-9)11-8-15-12-7-2-1-6-10(11)12;/h1-2,6-9,13H,3-5,14H2;1H/t13-;/m0./s1. The molecule has 0 bridgehead atoms. The molecule has 0 radical (unpaired) electrons. The van der Waals surface area contributed by atoms with Crippen LogP contribution >= 0.6 is 23.7 Å². The SMILES string of the molecule is Cl.N[C@H](c1csc2ccccc12)C1CCC1. The van der Waals surface area contributed by atoms with E-state index in [1.165, 1.54) is 34.9 Å². The average molecular weight is 254 g/mol. The van der Waals surface area contributed by atoms with Crippen molar-refractivity contribution in [3.63, 3.8) is 0 Å². The van der Waals surface area contributed by atoms with E-state index in [1.54, 1.807) is 0 Å². The Labute approximate surface area is 106 Å². The van der Waals surface area contributed by atoms with E-state index in [1.807, 2.05) is 11.3 Å².